The lowest BCUT2D eigenvalue weighted by atomic mass is 10.2. The SMILES string of the molecule is S=PC1CCCCCC1. The maximum Gasteiger partial charge on any atom is 0.0113 e. The predicted molar refractivity (Wildman–Crippen MR) is 45.8 cm³/mol. The van der Waals surface area contributed by atoms with Crippen LogP contribution in [0.15, 0.2) is 0 Å². The summed E-state index contributed by atoms with van der Waals surface area (Å²) in [6, 6.07) is 0. The van der Waals surface area contributed by atoms with E-state index in [9.17, 15) is 0 Å². The van der Waals surface area contributed by atoms with E-state index in [1.807, 2.05) is 0 Å². The van der Waals surface area contributed by atoms with E-state index < -0.39 is 0 Å². The van der Waals surface area contributed by atoms with E-state index in [1.165, 1.54) is 45.9 Å². The molecule has 0 aromatic carbocycles. The van der Waals surface area contributed by atoms with Crippen LogP contribution in [-0.4, -0.2) is 5.66 Å². The lowest BCUT2D eigenvalue weighted by molar-refractivity contribution is 0.702. The summed E-state index contributed by atoms with van der Waals surface area (Å²) in [6.45, 7) is 0. The average molecular weight is 160 g/mol. The largest absolute Gasteiger partial charge is 0.0575 e. The van der Waals surface area contributed by atoms with Crippen LogP contribution in [0, 0.1) is 0 Å². The molecule has 0 N–H and O–H groups in total. The van der Waals surface area contributed by atoms with Gasteiger partial charge in [-0.15, -0.1) is 0 Å². The van der Waals surface area contributed by atoms with Crippen molar-refractivity contribution in [2.75, 3.05) is 0 Å². The van der Waals surface area contributed by atoms with Crippen LogP contribution >= 0.6 is 7.36 Å². The van der Waals surface area contributed by atoms with Gasteiger partial charge < -0.3 is 0 Å². The predicted octanol–water partition coefficient (Wildman–Crippen LogP) is 3.12. The standard InChI is InChI=1S/C7H13PS/c9-8-7-5-3-1-2-4-6-7/h7H,1-6H2. The molecule has 0 bridgehead atoms. The molecule has 9 heavy (non-hydrogen) atoms. The van der Waals surface area contributed by atoms with Gasteiger partial charge in [0.25, 0.3) is 0 Å². The lowest BCUT2D eigenvalue weighted by Crippen LogP contribution is -1.93. The Morgan fingerprint density at radius 1 is 1.00 bits per heavy atom. The van der Waals surface area contributed by atoms with Crippen molar-refractivity contribution < 1.29 is 0 Å². The van der Waals surface area contributed by atoms with E-state index in [4.69, 9.17) is 11.8 Å². The lowest BCUT2D eigenvalue weighted by Gasteiger charge is -2.02. The minimum absolute atomic E-state index is 0.863. The van der Waals surface area contributed by atoms with Crippen molar-refractivity contribution in [1.29, 1.82) is 0 Å². The summed E-state index contributed by atoms with van der Waals surface area (Å²) in [4.78, 5) is 0. The maximum absolute atomic E-state index is 5.00. The molecule has 0 atom stereocenters. The summed E-state index contributed by atoms with van der Waals surface area (Å²) in [5.74, 6) is 0. The Morgan fingerprint density at radius 3 is 2.00 bits per heavy atom. The van der Waals surface area contributed by atoms with Crippen molar-refractivity contribution in [3.8, 4) is 0 Å². The van der Waals surface area contributed by atoms with Crippen molar-refractivity contribution in [1.82, 2.24) is 0 Å². The Bertz CT molecular complexity index is 84.9. The van der Waals surface area contributed by atoms with E-state index in [0.29, 0.717) is 0 Å². The van der Waals surface area contributed by atoms with Gasteiger partial charge in [0, 0.05) is 5.66 Å². The maximum atomic E-state index is 5.00. The summed E-state index contributed by atoms with van der Waals surface area (Å²) in [5.41, 5.74) is 0.863. The second-order valence-electron chi connectivity index (χ2n) is 2.75. The van der Waals surface area contributed by atoms with Crippen LogP contribution in [0.25, 0.3) is 0 Å². The smallest absolute Gasteiger partial charge is 0.0113 e. The molecular formula is C7H13PS. The Morgan fingerprint density at radius 2 is 1.56 bits per heavy atom. The quantitative estimate of drug-likeness (QED) is 0.419. The summed E-state index contributed by atoms with van der Waals surface area (Å²) in [7, 11) is 1.21. The topological polar surface area (TPSA) is 0 Å². The van der Waals surface area contributed by atoms with E-state index in [-0.39, 0.29) is 0 Å². The molecule has 0 heterocycles. The third-order valence-electron chi connectivity index (χ3n) is 1.97. The molecule has 0 spiro atoms. The zero-order valence-electron chi connectivity index (χ0n) is 5.68. The van der Waals surface area contributed by atoms with Gasteiger partial charge in [-0.05, 0) is 20.2 Å². The molecule has 1 saturated carbocycles. The fourth-order valence-electron chi connectivity index (χ4n) is 1.36. The Balaban J connectivity index is 2.26. The second kappa shape index (κ2) is 4.35. The van der Waals surface area contributed by atoms with E-state index in [0.717, 1.165) is 5.66 Å². The zero-order valence-corrected chi connectivity index (χ0v) is 7.39. The van der Waals surface area contributed by atoms with Gasteiger partial charge >= 0.3 is 0 Å². The van der Waals surface area contributed by atoms with Crippen LogP contribution in [0.5, 0.6) is 0 Å². The summed E-state index contributed by atoms with van der Waals surface area (Å²) < 4.78 is 0. The average Bonchev–Trinajstić information content (AvgIpc) is 2.13. The van der Waals surface area contributed by atoms with Crippen LogP contribution in [-0.2, 0) is 11.8 Å². The van der Waals surface area contributed by atoms with E-state index >= 15 is 0 Å². The molecule has 52 valence electrons. The third-order valence-corrected chi connectivity index (χ3v) is 3.68. The van der Waals surface area contributed by atoms with Crippen molar-refractivity contribution >= 4 is 19.2 Å². The molecule has 0 unspecified atom stereocenters. The van der Waals surface area contributed by atoms with Gasteiger partial charge in [-0.3, -0.25) is 0 Å². The fourth-order valence-corrected chi connectivity index (χ4v) is 2.57. The van der Waals surface area contributed by atoms with Gasteiger partial charge in [0.1, 0.15) is 0 Å². The minimum atomic E-state index is 0.863. The highest BCUT2D eigenvalue weighted by molar-refractivity contribution is 7.96. The normalized spacial score (nSPS) is 24.0. The van der Waals surface area contributed by atoms with Gasteiger partial charge in [-0.1, -0.05) is 37.5 Å². The molecular weight excluding hydrogens is 147 g/mol. The molecule has 0 saturated heterocycles. The summed E-state index contributed by atoms with van der Waals surface area (Å²) >= 11 is 5.00. The Kier molecular flexibility index (Phi) is 3.69. The first-order chi connectivity index (χ1) is 4.43. The molecule has 0 aromatic rings. The Hall–Kier alpha value is 0.520. The van der Waals surface area contributed by atoms with E-state index in [1.54, 1.807) is 0 Å². The minimum Gasteiger partial charge on any atom is -0.0575 e. The molecule has 1 rings (SSSR count). The first-order valence-electron chi connectivity index (χ1n) is 3.76. The third kappa shape index (κ3) is 2.73. The summed E-state index contributed by atoms with van der Waals surface area (Å²) in [5, 5.41) is 0. The van der Waals surface area contributed by atoms with Crippen LogP contribution < -0.4 is 0 Å². The number of hydrogen-bond acceptors (Lipinski definition) is 1. The van der Waals surface area contributed by atoms with Crippen molar-refractivity contribution in [2.24, 2.45) is 0 Å². The molecule has 2 heteroatoms. The monoisotopic (exact) mass is 160 g/mol. The van der Waals surface area contributed by atoms with Gasteiger partial charge in [-0.25, -0.2) is 0 Å². The van der Waals surface area contributed by atoms with Gasteiger partial charge in [0.15, 0.2) is 0 Å². The second-order valence-corrected chi connectivity index (χ2v) is 4.32. The molecule has 0 nitrogen and oxygen atoms in total. The number of hydrogen-bond donors (Lipinski definition) is 0. The van der Waals surface area contributed by atoms with Crippen LogP contribution in [0.1, 0.15) is 38.5 Å². The van der Waals surface area contributed by atoms with Gasteiger partial charge in [0.2, 0.25) is 0 Å². The fraction of sp³-hybridized carbons (Fsp3) is 1.00. The highest BCUT2D eigenvalue weighted by Gasteiger charge is 2.08. The van der Waals surface area contributed by atoms with Crippen LogP contribution in [0.4, 0.5) is 0 Å². The molecule has 0 radical (unpaired) electrons. The highest BCUT2D eigenvalue weighted by atomic mass is 32.4. The summed E-state index contributed by atoms with van der Waals surface area (Å²) in [6.07, 6.45) is 8.53. The molecule has 1 fully saturated rings. The zero-order chi connectivity index (χ0) is 6.53. The van der Waals surface area contributed by atoms with Crippen LogP contribution in [0.2, 0.25) is 0 Å². The van der Waals surface area contributed by atoms with Crippen LogP contribution in [0.3, 0.4) is 0 Å². The van der Waals surface area contributed by atoms with E-state index in [2.05, 4.69) is 0 Å². The first kappa shape index (κ1) is 7.63. The molecule has 1 aliphatic carbocycles. The molecule has 0 aromatic heterocycles. The number of rotatable bonds is 1. The Labute approximate surface area is 63.9 Å². The van der Waals surface area contributed by atoms with Crippen molar-refractivity contribution in [3.63, 3.8) is 0 Å². The molecule has 0 aliphatic heterocycles. The van der Waals surface area contributed by atoms with Crippen molar-refractivity contribution in [2.45, 2.75) is 44.2 Å². The van der Waals surface area contributed by atoms with Crippen molar-refractivity contribution in [3.05, 3.63) is 0 Å². The highest BCUT2D eigenvalue weighted by Crippen LogP contribution is 2.25. The molecule has 0 amide bonds. The first-order valence-corrected chi connectivity index (χ1v) is 5.73. The van der Waals surface area contributed by atoms with Gasteiger partial charge in [-0.2, -0.15) is 0 Å². The molecule has 1 aliphatic rings. The van der Waals surface area contributed by atoms with Gasteiger partial charge in [0.05, 0.1) is 0 Å².